The Morgan fingerprint density at radius 1 is 1.32 bits per heavy atom. The highest BCUT2D eigenvalue weighted by atomic mass is 32.2. The van der Waals surface area contributed by atoms with Crippen LogP contribution >= 0.6 is 11.8 Å². The highest BCUT2D eigenvalue weighted by molar-refractivity contribution is 7.99. The summed E-state index contributed by atoms with van der Waals surface area (Å²) in [7, 11) is 0. The molecule has 1 unspecified atom stereocenters. The number of benzene rings is 1. The molecular weight excluding hydrogens is 252 g/mol. The monoisotopic (exact) mass is 276 g/mol. The predicted molar refractivity (Wildman–Crippen MR) is 85.4 cm³/mol. The molecule has 0 amide bonds. The molecule has 1 nitrogen and oxygen atoms in total. The molecule has 1 heterocycles. The van der Waals surface area contributed by atoms with Crippen LogP contribution in [0.4, 0.5) is 0 Å². The summed E-state index contributed by atoms with van der Waals surface area (Å²) in [4.78, 5) is 0. The first-order valence-electron chi connectivity index (χ1n) is 7.31. The van der Waals surface area contributed by atoms with Crippen molar-refractivity contribution >= 4 is 17.3 Å². The number of ether oxygens (including phenoxy) is 1. The van der Waals surface area contributed by atoms with Gasteiger partial charge in [0.25, 0.3) is 0 Å². The molecule has 19 heavy (non-hydrogen) atoms. The quantitative estimate of drug-likeness (QED) is 0.526. The molecule has 0 N–H and O–H groups in total. The molecule has 1 aromatic carbocycles. The fraction of sp³-hybridized carbons (Fsp3) is 0.529. The molecule has 0 radical (unpaired) electrons. The number of rotatable bonds is 6. The van der Waals surface area contributed by atoms with E-state index in [9.17, 15) is 0 Å². The fourth-order valence-electron chi connectivity index (χ4n) is 2.38. The molecule has 1 aliphatic rings. The molecule has 0 aliphatic carbocycles. The molecule has 1 fully saturated rings. The van der Waals surface area contributed by atoms with Gasteiger partial charge in [-0.15, -0.1) is 0 Å². The normalized spacial score (nSPS) is 20.3. The van der Waals surface area contributed by atoms with Gasteiger partial charge in [0, 0.05) is 5.25 Å². The summed E-state index contributed by atoms with van der Waals surface area (Å²) in [6, 6.07) is 10.4. The average Bonchev–Trinajstić information content (AvgIpc) is 2.49. The molecule has 1 saturated heterocycles. The van der Waals surface area contributed by atoms with Crippen LogP contribution in [0.15, 0.2) is 36.6 Å². The summed E-state index contributed by atoms with van der Waals surface area (Å²) in [5.41, 5.74) is 2.44. The lowest BCUT2D eigenvalue weighted by atomic mass is 10.1. The third-order valence-electron chi connectivity index (χ3n) is 3.55. The number of allylic oxidation sites excluding steroid dienone is 1. The molecule has 104 valence electrons. The second kappa shape index (κ2) is 8.31. The summed E-state index contributed by atoms with van der Waals surface area (Å²) < 4.78 is 5.67. The zero-order chi connectivity index (χ0) is 13.3. The van der Waals surface area contributed by atoms with Crippen LogP contribution in [0.25, 0.3) is 5.57 Å². The van der Waals surface area contributed by atoms with Gasteiger partial charge in [-0.3, -0.25) is 0 Å². The molecule has 2 heteroatoms. The van der Waals surface area contributed by atoms with Crippen molar-refractivity contribution in [1.82, 2.24) is 0 Å². The van der Waals surface area contributed by atoms with E-state index in [1.165, 1.54) is 49.0 Å². The SMILES string of the molecule is C/C(=C/OCCCC1CCCCS1)c1ccccc1. The van der Waals surface area contributed by atoms with E-state index in [-0.39, 0.29) is 0 Å². The highest BCUT2D eigenvalue weighted by Crippen LogP contribution is 2.28. The first kappa shape index (κ1) is 14.5. The summed E-state index contributed by atoms with van der Waals surface area (Å²) in [6.07, 6.45) is 8.63. The van der Waals surface area contributed by atoms with Gasteiger partial charge in [0.15, 0.2) is 0 Å². The smallest absolute Gasteiger partial charge is 0.0873 e. The van der Waals surface area contributed by atoms with Crippen molar-refractivity contribution < 1.29 is 4.74 Å². The Bertz CT molecular complexity index is 380. The van der Waals surface area contributed by atoms with Crippen molar-refractivity contribution in [2.24, 2.45) is 0 Å². The van der Waals surface area contributed by atoms with Gasteiger partial charge in [0.05, 0.1) is 12.9 Å². The summed E-state index contributed by atoms with van der Waals surface area (Å²) >= 11 is 2.15. The van der Waals surface area contributed by atoms with Gasteiger partial charge in [-0.2, -0.15) is 11.8 Å². The number of hydrogen-bond acceptors (Lipinski definition) is 2. The first-order valence-corrected chi connectivity index (χ1v) is 8.36. The molecule has 2 rings (SSSR count). The molecule has 1 aliphatic heterocycles. The van der Waals surface area contributed by atoms with Crippen molar-refractivity contribution in [2.75, 3.05) is 12.4 Å². The van der Waals surface area contributed by atoms with Crippen LogP contribution in [-0.4, -0.2) is 17.6 Å². The fourth-order valence-corrected chi connectivity index (χ4v) is 3.75. The van der Waals surface area contributed by atoms with Crippen LogP contribution < -0.4 is 0 Å². The van der Waals surface area contributed by atoms with Crippen LogP contribution in [-0.2, 0) is 4.74 Å². The van der Waals surface area contributed by atoms with E-state index in [1.54, 1.807) is 0 Å². The molecule has 0 bridgehead atoms. The minimum atomic E-state index is 0.848. The van der Waals surface area contributed by atoms with Crippen molar-refractivity contribution in [1.29, 1.82) is 0 Å². The van der Waals surface area contributed by atoms with Crippen molar-refractivity contribution in [3.63, 3.8) is 0 Å². The Balaban J connectivity index is 1.63. The van der Waals surface area contributed by atoms with E-state index >= 15 is 0 Å². The van der Waals surface area contributed by atoms with E-state index in [0.29, 0.717) is 0 Å². The van der Waals surface area contributed by atoms with Crippen LogP contribution in [0.3, 0.4) is 0 Å². The molecule has 1 atom stereocenters. The zero-order valence-corrected chi connectivity index (χ0v) is 12.6. The van der Waals surface area contributed by atoms with Gasteiger partial charge in [-0.05, 0) is 49.5 Å². The van der Waals surface area contributed by atoms with E-state index in [0.717, 1.165) is 11.9 Å². The Morgan fingerprint density at radius 3 is 2.89 bits per heavy atom. The Hall–Kier alpha value is -0.890. The Morgan fingerprint density at radius 2 is 2.16 bits per heavy atom. The predicted octanol–water partition coefficient (Wildman–Crippen LogP) is 5.13. The van der Waals surface area contributed by atoms with Gasteiger partial charge in [0.2, 0.25) is 0 Å². The van der Waals surface area contributed by atoms with Crippen molar-refractivity contribution in [2.45, 2.75) is 44.3 Å². The summed E-state index contributed by atoms with van der Waals surface area (Å²) in [6.45, 7) is 2.95. The minimum Gasteiger partial charge on any atom is -0.501 e. The highest BCUT2D eigenvalue weighted by Gasteiger charge is 2.12. The average molecular weight is 276 g/mol. The van der Waals surface area contributed by atoms with Crippen molar-refractivity contribution in [3.8, 4) is 0 Å². The molecule has 0 spiro atoms. The molecule has 1 aromatic rings. The lowest BCUT2D eigenvalue weighted by molar-refractivity contribution is 0.242. The first-order chi connectivity index (χ1) is 9.36. The molecule has 0 aromatic heterocycles. The Kier molecular flexibility index (Phi) is 6.35. The minimum absolute atomic E-state index is 0.848. The van der Waals surface area contributed by atoms with Gasteiger partial charge in [-0.25, -0.2) is 0 Å². The van der Waals surface area contributed by atoms with E-state index < -0.39 is 0 Å². The van der Waals surface area contributed by atoms with Gasteiger partial charge in [0.1, 0.15) is 0 Å². The van der Waals surface area contributed by atoms with E-state index in [2.05, 4.69) is 43.0 Å². The van der Waals surface area contributed by atoms with Crippen LogP contribution in [0, 0.1) is 0 Å². The van der Waals surface area contributed by atoms with Crippen LogP contribution in [0.5, 0.6) is 0 Å². The zero-order valence-electron chi connectivity index (χ0n) is 11.8. The lowest BCUT2D eigenvalue weighted by Crippen LogP contribution is -2.09. The van der Waals surface area contributed by atoms with E-state index in [1.807, 2.05) is 12.3 Å². The van der Waals surface area contributed by atoms with E-state index in [4.69, 9.17) is 4.74 Å². The standard InChI is InChI=1S/C17H24OS/c1-15(16-8-3-2-4-9-16)14-18-12-7-11-17-10-5-6-13-19-17/h2-4,8-9,14,17H,5-7,10-13H2,1H3/b15-14-. The van der Waals surface area contributed by atoms with Gasteiger partial charge < -0.3 is 4.74 Å². The second-order valence-electron chi connectivity index (χ2n) is 5.17. The topological polar surface area (TPSA) is 9.23 Å². The molecule has 0 saturated carbocycles. The largest absolute Gasteiger partial charge is 0.501 e. The maximum absolute atomic E-state index is 5.67. The van der Waals surface area contributed by atoms with Gasteiger partial charge in [-0.1, -0.05) is 36.8 Å². The maximum atomic E-state index is 5.67. The molecular formula is C17H24OS. The van der Waals surface area contributed by atoms with Crippen molar-refractivity contribution in [3.05, 3.63) is 42.2 Å². The van der Waals surface area contributed by atoms with Gasteiger partial charge >= 0.3 is 0 Å². The Labute approximate surface area is 121 Å². The second-order valence-corrected chi connectivity index (χ2v) is 6.58. The summed E-state index contributed by atoms with van der Waals surface area (Å²) in [5.74, 6) is 1.36. The third kappa shape index (κ3) is 5.32. The summed E-state index contributed by atoms with van der Waals surface area (Å²) in [5, 5.41) is 0.886. The number of hydrogen-bond donors (Lipinski definition) is 0. The maximum Gasteiger partial charge on any atom is 0.0873 e. The number of thioether (sulfide) groups is 1. The lowest BCUT2D eigenvalue weighted by Gasteiger charge is -2.20. The van der Waals surface area contributed by atoms with Crippen LogP contribution in [0.2, 0.25) is 0 Å². The third-order valence-corrected chi connectivity index (χ3v) is 5.02. The van der Waals surface area contributed by atoms with Crippen LogP contribution in [0.1, 0.15) is 44.6 Å².